The van der Waals surface area contributed by atoms with Crippen LogP contribution in [0.4, 0.5) is 0 Å². The number of hydrogen-bond donors (Lipinski definition) is 1. The van der Waals surface area contributed by atoms with Crippen LogP contribution in [0.1, 0.15) is 12.8 Å². The molecule has 4 nitrogen and oxygen atoms in total. The molecule has 3 aliphatic rings. The quantitative estimate of drug-likeness (QED) is 0.703. The number of hydrogen-bond acceptors (Lipinski definition) is 4. The lowest BCUT2D eigenvalue weighted by Crippen LogP contribution is -2.52. The molecule has 92 valence electrons. The van der Waals surface area contributed by atoms with Gasteiger partial charge < -0.3 is 15.4 Å². The van der Waals surface area contributed by atoms with Gasteiger partial charge in [0.15, 0.2) is 0 Å². The standard InChI is InChI=1S/C12H23N3O/c13-12-9-16-8-10(12)6-14-4-5-15-3-1-2-11(15)7-14/h10-12H,1-9,13H2. The summed E-state index contributed by atoms with van der Waals surface area (Å²) in [5.74, 6) is 0.563. The minimum atomic E-state index is 0.265. The summed E-state index contributed by atoms with van der Waals surface area (Å²) < 4.78 is 5.44. The highest BCUT2D eigenvalue weighted by Gasteiger charge is 2.33. The van der Waals surface area contributed by atoms with E-state index >= 15 is 0 Å². The van der Waals surface area contributed by atoms with E-state index in [1.54, 1.807) is 0 Å². The molecular weight excluding hydrogens is 202 g/mol. The van der Waals surface area contributed by atoms with Crippen LogP contribution in [0.15, 0.2) is 0 Å². The largest absolute Gasteiger partial charge is 0.379 e. The van der Waals surface area contributed by atoms with Gasteiger partial charge >= 0.3 is 0 Å². The normalized spacial score (nSPS) is 41.4. The first-order valence-electron chi connectivity index (χ1n) is 6.62. The Balaban J connectivity index is 1.52. The highest BCUT2D eigenvalue weighted by molar-refractivity contribution is 4.89. The van der Waals surface area contributed by atoms with Gasteiger partial charge in [-0.1, -0.05) is 0 Å². The molecule has 3 rings (SSSR count). The molecule has 0 aliphatic carbocycles. The summed E-state index contributed by atoms with van der Waals surface area (Å²) in [4.78, 5) is 5.26. The van der Waals surface area contributed by atoms with Crippen LogP contribution in [-0.2, 0) is 4.74 Å². The van der Waals surface area contributed by atoms with Crippen molar-refractivity contribution < 1.29 is 4.74 Å². The number of ether oxygens (including phenoxy) is 1. The third kappa shape index (κ3) is 2.12. The van der Waals surface area contributed by atoms with Crippen LogP contribution in [0.3, 0.4) is 0 Å². The van der Waals surface area contributed by atoms with Crippen LogP contribution >= 0.6 is 0 Å². The van der Waals surface area contributed by atoms with Crippen molar-refractivity contribution in [3.63, 3.8) is 0 Å². The fourth-order valence-corrected chi connectivity index (χ4v) is 3.36. The van der Waals surface area contributed by atoms with E-state index in [2.05, 4.69) is 9.80 Å². The van der Waals surface area contributed by atoms with E-state index in [0.29, 0.717) is 5.92 Å². The molecule has 0 saturated carbocycles. The number of piperazine rings is 1. The molecule has 0 amide bonds. The van der Waals surface area contributed by atoms with Crippen LogP contribution < -0.4 is 5.73 Å². The number of nitrogens with two attached hydrogens (primary N) is 1. The van der Waals surface area contributed by atoms with Crippen LogP contribution in [-0.4, -0.2) is 67.8 Å². The van der Waals surface area contributed by atoms with E-state index in [0.717, 1.165) is 25.8 Å². The molecule has 0 bridgehead atoms. The van der Waals surface area contributed by atoms with Gasteiger partial charge in [-0.3, -0.25) is 4.90 Å². The fraction of sp³-hybridized carbons (Fsp3) is 1.00. The highest BCUT2D eigenvalue weighted by atomic mass is 16.5. The summed E-state index contributed by atoms with van der Waals surface area (Å²) >= 11 is 0. The molecule has 3 atom stereocenters. The summed E-state index contributed by atoms with van der Waals surface area (Å²) in [5, 5.41) is 0. The fourth-order valence-electron chi connectivity index (χ4n) is 3.36. The second kappa shape index (κ2) is 4.61. The Kier molecular flexibility index (Phi) is 3.16. The first-order chi connectivity index (χ1) is 7.83. The molecule has 2 N–H and O–H groups in total. The lowest BCUT2D eigenvalue weighted by molar-refractivity contribution is 0.0867. The van der Waals surface area contributed by atoms with E-state index in [1.807, 2.05) is 0 Å². The zero-order valence-corrected chi connectivity index (χ0v) is 9.98. The first-order valence-corrected chi connectivity index (χ1v) is 6.62. The molecule has 0 radical (unpaired) electrons. The molecule has 3 heterocycles. The SMILES string of the molecule is NC1COCC1CN1CCN2CCCC2C1. The lowest BCUT2D eigenvalue weighted by atomic mass is 10.0. The average Bonchev–Trinajstić information content (AvgIpc) is 2.88. The van der Waals surface area contributed by atoms with Gasteiger partial charge in [-0.2, -0.15) is 0 Å². The van der Waals surface area contributed by atoms with Crippen LogP contribution in [0.5, 0.6) is 0 Å². The molecule has 0 aromatic carbocycles. The maximum absolute atomic E-state index is 6.04. The van der Waals surface area contributed by atoms with Crippen molar-refractivity contribution >= 4 is 0 Å². The van der Waals surface area contributed by atoms with Gasteiger partial charge in [0.25, 0.3) is 0 Å². The van der Waals surface area contributed by atoms with E-state index in [4.69, 9.17) is 10.5 Å². The number of nitrogens with zero attached hydrogens (tertiary/aromatic N) is 2. The van der Waals surface area contributed by atoms with E-state index in [9.17, 15) is 0 Å². The van der Waals surface area contributed by atoms with Gasteiger partial charge in [0.05, 0.1) is 13.2 Å². The maximum Gasteiger partial charge on any atom is 0.0621 e. The molecule has 0 spiro atoms. The van der Waals surface area contributed by atoms with Crippen LogP contribution in [0.2, 0.25) is 0 Å². The van der Waals surface area contributed by atoms with E-state index in [1.165, 1.54) is 39.0 Å². The Hall–Kier alpha value is -0.160. The molecule has 16 heavy (non-hydrogen) atoms. The minimum absolute atomic E-state index is 0.265. The molecule has 0 aromatic rings. The van der Waals surface area contributed by atoms with Gasteiger partial charge in [0.2, 0.25) is 0 Å². The van der Waals surface area contributed by atoms with Crippen molar-refractivity contribution in [1.29, 1.82) is 0 Å². The molecule has 3 saturated heterocycles. The Morgan fingerprint density at radius 3 is 2.94 bits per heavy atom. The number of rotatable bonds is 2. The highest BCUT2D eigenvalue weighted by Crippen LogP contribution is 2.23. The molecule has 4 heteroatoms. The van der Waals surface area contributed by atoms with E-state index in [-0.39, 0.29) is 6.04 Å². The van der Waals surface area contributed by atoms with Crippen molar-refractivity contribution in [2.24, 2.45) is 11.7 Å². The molecule has 3 fully saturated rings. The Morgan fingerprint density at radius 1 is 1.19 bits per heavy atom. The average molecular weight is 225 g/mol. The maximum atomic E-state index is 6.04. The van der Waals surface area contributed by atoms with Crippen LogP contribution in [0.25, 0.3) is 0 Å². The van der Waals surface area contributed by atoms with Crippen molar-refractivity contribution in [2.75, 3.05) is 45.9 Å². The second-order valence-corrected chi connectivity index (χ2v) is 5.55. The Labute approximate surface area is 97.7 Å². The third-order valence-corrected chi connectivity index (χ3v) is 4.41. The smallest absolute Gasteiger partial charge is 0.0621 e. The van der Waals surface area contributed by atoms with E-state index < -0.39 is 0 Å². The first kappa shape index (κ1) is 11.0. The monoisotopic (exact) mass is 225 g/mol. The summed E-state index contributed by atoms with van der Waals surface area (Å²) in [7, 11) is 0. The van der Waals surface area contributed by atoms with Gasteiger partial charge in [-0.25, -0.2) is 0 Å². The molecule has 3 aliphatic heterocycles. The van der Waals surface area contributed by atoms with Gasteiger partial charge in [0.1, 0.15) is 0 Å². The summed E-state index contributed by atoms with van der Waals surface area (Å²) in [6.45, 7) is 7.83. The van der Waals surface area contributed by atoms with Crippen molar-refractivity contribution in [3.05, 3.63) is 0 Å². The molecular formula is C12H23N3O. The number of fused-ring (bicyclic) bond motifs is 1. The van der Waals surface area contributed by atoms with Gasteiger partial charge in [0, 0.05) is 44.2 Å². The minimum Gasteiger partial charge on any atom is -0.379 e. The topological polar surface area (TPSA) is 41.7 Å². The lowest BCUT2D eigenvalue weighted by Gasteiger charge is -2.38. The Bertz CT molecular complexity index is 248. The predicted molar refractivity (Wildman–Crippen MR) is 63.3 cm³/mol. The molecule has 3 unspecified atom stereocenters. The van der Waals surface area contributed by atoms with Gasteiger partial charge in [-0.05, 0) is 19.4 Å². The van der Waals surface area contributed by atoms with Gasteiger partial charge in [-0.15, -0.1) is 0 Å². The van der Waals surface area contributed by atoms with Crippen molar-refractivity contribution in [1.82, 2.24) is 9.80 Å². The summed E-state index contributed by atoms with van der Waals surface area (Å²) in [5.41, 5.74) is 6.04. The zero-order chi connectivity index (χ0) is 11.0. The zero-order valence-electron chi connectivity index (χ0n) is 9.98. The van der Waals surface area contributed by atoms with Crippen molar-refractivity contribution in [2.45, 2.75) is 24.9 Å². The van der Waals surface area contributed by atoms with Crippen molar-refractivity contribution in [3.8, 4) is 0 Å². The summed E-state index contributed by atoms with van der Waals surface area (Å²) in [6.07, 6.45) is 2.79. The predicted octanol–water partition coefficient (Wildman–Crippen LogP) is -0.260. The summed E-state index contributed by atoms with van der Waals surface area (Å²) in [6, 6.07) is 1.09. The van der Waals surface area contributed by atoms with Crippen LogP contribution in [0, 0.1) is 5.92 Å². The Morgan fingerprint density at radius 2 is 2.12 bits per heavy atom. The third-order valence-electron chi connectivity index (χ3n) is 4.41. The second-order valence-electron chi connectivity index (χ2n) is 5.55. The molecule has 0 aromatic heterocycles.